The second-order valence-electron chi connectivity index (χ2n) is 8.30. The molecular formula is C26H25FN2O3S. The maximum Gasteiger partial charge on any atom is 0.260 e. The number of aryl methyl sites for hydroxylation is 2. The fourth-order valence-corrected chi connectivity index (χ4v) is 5.64. The average molecular weight is 465 g/mol. The summed E-state index contributed by atoms with van der Waals surface area (Å²) in [4.78, 5) is 22.9. The number of nitrogens with zero attached hydrogens (tertiary/aromatic N) is 1. The second kappa shape index (κ2) is 9.35. The summed E-state index contributed by atoms with van der Waals surface area (Å²) >= 11 is 1.65. The predicted molar refractivity (Wildman–Crippen MR) is 129 cm³/mol. The van der Waals surface area contributed by atoms with Gasteiger partial charge in [-0.1, -0.05) is 25.0 Å². The molecule has 0 bridgehead atoms. The van der Waals surface area contributed by atoms with Crippen LogP contribution in [0.4, 0.5) is 4.39 Å². The lowest BCUT2D eigenvalue weighted by molar-refractivity contribution is 0.284. The van der Waals surface area contributed by atoms with Crippen LogP contribution in [0.2, 0.25) is 0 Å². The van der Waals surface area contributed by atoms with Crippen LogP contribution in [0.25, 0.3) is 21.6 Å². The minimum absolute atomic E-state index is 0.0847. The van der Waals surface area contributed by atoms with Gasteiger partial charge in [-0.25, -0.2) is 9.37 Å². The largest absolute Gasteiger partial charge is 0.493 e. The lowest BCUT2D eigenvalue weighted by Crippen LogP contribution is -2.10. The molecule has 0 saturated heterocycles. The van der Waals surface area contributed by atoms with Crippen molar-refractivity contribution in [1.82, 2.24) is 9.97 Å². The Hall–Kier alpha value is -3.19. The quantitative estimate of drug-likeness (QED) is 0.391. The van der Waals surface area contributed by atoms with E-state index in [1.807, 2.05) is 6.07 Å². The Bertz CT molecular complexity index is 1360. The number of benzene rings is 2. The van der Waals surface area contributed by atoms with Crippen molar-refractivity contribution in [3.05, 3.63) is 74.6 Å². The summed E-state index contributed by atoms with van der Waals surface area (Å²) in [5.74, 6) is 1.26. The molecule has 0 saturated carbocycles. The van der Waals surface area contributed by atoms with Crippen molar-refractivity contribution < 1.29 is 13.9 Å². The van der Waals surface area contributed by atoms with E-state index in [0.29, 0.717) is 17.3 Å². The van der Waals surface area contributed by atoms with E-state index in [0.717, 1.165) is 40.6 Å². The standard InChI is InChI=1S/C26H25FN2O3S/c1-31-21-14-17(11-12-20(21)32-15-16-7-6-8-18(27)13-16)24-28-25(30)23-19-9-4-2-3-5-10-22(19)33-26(23)29-24/h6-8,11-14H,2-5,9-10,15H2,1H3,(H,28,29,30). The van der Waals surface area contributed by atoms with Crippen molar-refractivity contribution in [2.24, 2.45) is 0 Å². The summed E-state index contributed by atoms with van der Waals surface area (Å²) in [5, 5.41) is 0.752. The highest BCUT2D eigenvalue weighted by molar-refractivity contribution is 7.18. The molecule has 0 unspecified atom stereocenters. The number of thiophene rings is 1. The molecule has 2 heterocycles. The second-order valence-corrected chi connectivity index (χ2v) is 9.38. The van der Waals surface area contributed by atoms with Gasteiger partial charge in [-0.2, -0.15) is 0 Å². The zero-order valence-electron chi connectivity index (χ0n) is 18.4. The number of fused-ring (bicyclic) bond motifs is 3. The maximum absolute atomic E-state index is 13.4. The van der Waals surface area contributed by atoms with Crippen LogP contribution in [0.15, 0.2) is 47.3 Å². The number of nitrogens with one attached hydrogen (secondary N) is 1. The highest BCUT2D eigenvalue weighted by atomic mass is 32.1. The third kappa shape index (κ3) is 4.50. The van der Waals surface area contributed by atoms with Gasteiger partial charge in [0.05, 0.1) is 12.5 Å². The van der Waals surface area contributed by atoms with Crippen LogP contribution in [-0.4, -0.2) is 17.1 Å². The van der Waals surface area contributed by atoms with Gasteiger partial charge in [-0.3, -0.25) is 4.79 Å². The minimum Gasteiger partial charge on any atom is -0.493 e. The minimum atomic E-state index is -0.301. The highest BCUT2D eigenvalue weighted by Gasteiger charge is 2.19. The Balaban J connectivity index is 1.46. The van der Waals surface area contributed by atoms with Gasteiger partial charge in [-0.15, -0.1) is 11.3 Å². The number of aromatic nitrogens is 2. The molecule has 0 atom stereocenters. The van der Waals surface area contributed by atoms with Crippen LogP contribution >= 0.6 is 11.3 Å². The van der Waals surface area contributed by atoms with Gasteiger partial charge >= 0.3 is 0 Å². The first-order valence-corrected chi connectivity index (χ1v) is 12.0. The molecule has 4 aromatic rings. The van der Waals surface area contributed by atoms with Gasteiger partial charge in [0.25, 0.3) is 5.56 Å². The fraction of sp³-hybridized carbons (Fsp3) is 0.308. The Labute approximate surface area is 195 Å². The Morgan fingerprint density at radius 2 is 1.91 bits per heavy atom. The average Bonchev–Trinajstić information content (AvgIpc) is 3.14. The lowest BCUT2D eigenvalue weighted by atomic mass is 9.98. The Morgan fingerprint density at radius 1 is 1.06 bits per heavy atom. The summed E-state index contributed by atoms with van der Waals surface area (Å²) in [7, 11) is 1.56. The zero-order valence-corrected chi connectivity index (χ0v) is 19.3. The summed E-state index contributed by atoms with van der Waals surface area (Å²) in [5.41, 5.74) is 2.57. The van der Waals surface area contributed by atoms with E-state index in [-0.39, 0.29) is 18.0 Å². The van der Waals surface area contributed by atoms with Gasteiger partial charge in [0, 0.05) is 10.4 Å². The van der Waals surface area contributed by atoms with Crippen LogP contribution in [0.5, 0.6) is 11.5 Å². The number of methoxy groups -OCH3 is 1. The van der Waals surface area contributed by atoms with Crippen molar-refractivity contribution in [2.45, 2.75) is 45.1 Å². The summed E-state index contributed by atoms with van der Waals surface area (Å²) in [6.07, 6.45) is 6.72. The van der Waals surface area contributed by atoms with E-state index in [2.05, 4.69) is 4.98 Å². The number of rotatable bonds is 5. The molecule has 33 heavy (non-hydrogen) atoms. The van der Waals surface area contributed by atoms with Crippen LogP contribution in [0.3, 0.4) is 0 Å². The molecule has 1 aliphatic rings. The molecule has 0 amide bonds. The van der Waals surface area contributed by atoms with Crippen LogP contribution in [0, 0.1) is 5.82 Å². The molecule has 7 heteroatoms. The number of halogens is 1. The normalized spacial score (nSPS) is 13.9. The first-order valence-electron chi connectivity index (χ1n) is 11.2. The van der Waals surface area contributed by atoms with E-state index in [9.17, 15) is 9.18 Å². The molecule has 5 nitrogen and oxygen atoms in total. The van der Waals surface area contributed by atoms with Crippen molar-refractivity contribution in [3.8, 4) is 22.9 Å². The van der Waals surface area contributed by atoms with Gasteiger partial charge in [0.15, 0.2) is 11.5 Å². The Morgan fingerprint density at radius 3 is 2.73 bits per heavy atom. The van der Waals surface area contributed by atoms with Gasteiger partial charge in [-0.05, 0) is 67.1 Å². The van der Waals surface area contributed by atoms with E-state index in [1.165, 1.54) is 41.8 Å². The van der Waals surface area contributed by atoms with Crippen molar-refractivity contribution in [2.75, 3.05) is 7.11 Å². The molecule has 0 aliphatic heterocycles. The van der Waals surface area contributed by atoms with Gasteiger partial charge in [0.1, 0.15) is 23.1 Å². The van der Waals surface area contributed by atoms with Gasteiger partial charge in [0.2, 0.25) is 0 Å². The first kappa shape index (κ1) is 21.6. The monoisotopic (exact) mass is 464 g/mol. The third-order valence-electron chi connectivity index (χ3n) is 6.05. The van der Waals surface area contributed by atoms with Crippen molar-refractivity contribution >= 4 is 21.6 Å². The Kier molecular flexibility index (Phi) is 6.13. The smallest absolute Gasteiger partial charge is 0.260 e. The van der Waals surface area contributed by atoms with E-state index in [1.54, 1.807) is 42.7 Å². The van der Waals surface area contributed by atoms with E-state index in [4.69, 9.17) is 14.5 Å². The number of H-pyrrole nitrogens is 1. The molecule has 170 valence electrons. The van der Waals surface area contributed by atoms with Crippen molar-refractivity contribution in [3.63, 3.8) is 0 Å². The van der Waals surface area contributed by atoms with E-state index >= 15 is 0 Å². The predicted octanol–water partition coefficient (Wildman–Crippen LogP) is 6.04. The number of hydrogen-bond donors (Lipinski definition) is 1. The molecule has 5 rings (SSSR count). The van der Waals surface area contributed by atoms with Gasteiger partial charge < -0.3 is 14.5 Å². The highest BCUT2D eigenvalue weighted by Crippen LogP contribution is 2.35. The molecule has 1 N–H and O–H groups in total. The number of ether oxygens (including phenoxy) is 2. The SMILES string of the molecule is COc1cc(-c2nc3sc4c(c3c(=O)[nH]2)CCCCCC4)ccc1OCc1cccc(F)c1. The first-order chi connectivity index (χ1) is 16.1. The summed E-state index contributed by atoms with van der Waals surface area (Å²) in [6, 6.07) is 11.7. The summed E-state index contributed by atoms with van der Waals surface area (Å²) < 4.78 is 24.8. The van der Waals surface area contributed by atoms with Crippen LogP contribution < -0.4 is 15.0 Å². The number of aromatic amines is 1. The molecule has 0 radical (unpaired) electrons. The summed E-state index contributed by atoms with van der Waals surface area (Å²) in [6.45, 7) is 0.218. The molecule has 2 aromatic carbocycles. The molecular weight excluding hydrogens is 439 g/mol. The molecule has 1 aliphatic carbocycles. The van der Waals surface area contributed by atoms with Crippen LogP contribution in [0.1, 0.15) is 41.7 Å². The molecule has 0 spiro atoms. The topological polar surface area (TPSA) is 64.2 Å². The van der Waals surface area contributed by atoms with E-state index < -0.39 is 0 Å². The zero-order chi connectivity index (χ0) is 22.8. The van der Waals surface area contributed by atoms with Crippen molar-refractivity contribution in [1.29, 1.82) is 0 Å². The number of hydrogen-bond acceptors (Lipinski definition) is 5. The molecule has 2 aromatic heterocycles. The van der Waals surface area contributed by atoms with Crippen LogP contribution in [-0.2, 0) is 19.4 Å². The fourth-order valence-electron chi connectivity index (χ4n) is 4.38. The maximum atomic E-state index is 13.4. The lowest BCUT2D eigenvalue weighted by Gasteiger charge is -2.12. The molecule has 0 fully saturated rings. The third-order valence-corrected chi connectivity index (χ3v) is 7.23.